The zero-order valence-corrected chi connectivity index (χ0v) is 10.5. The van der Waals surface area contributed by atoms with E-state index in [-0.39, 0.29) is 0 Å². The largest absolute Gasteiger partial charge is 0.497 e. The first-order valence-electron chi connectivity index (χ1n) is 5.35. The maximum absolute atomic E-state index is 9.16. The molecule has 0 amide bonds. The summed E-state index contributed by atoms with van der Waals surface area (Å²) >= 11 is 0. The summed E-state index contributed by atoms with van der Waals surface area (Å²) in [5.41, 5.74) is 1.83. The number of rotatable bonds is 3. The highest BCUT2D eigenvalue weighted by molar-refractivity contribution is 5.72. The predicted molar refractivity (Wildman–Crippen MR) is 66.5 cm³/mol. The van der Waals surface area contributed by atoms with Crippen LogP contribution < -0.4 is 9.47 Å². The zero-order chi connectivity index (χ0) is 13.1. The number of methoxy groups -OCH3 is 2. The molecule has 18 heavy (non-hydrogen) atoms. The lowest BCUT2D eigenvalue weighted by molar-refractivity contribution is 0.404. The fourth-order valence-electron chi connectivity index (χ4n) is 1.76. The Morgan fingerprint density at radius 2 is 2.06 bits per heavy atom. The molecule has 1 aromatic heterocycles. The van der Waals surface area contributed by atoms with Crippen LogP contribution in [0.3, 0.4) is 0 Å². The first kappa shape index (κ1) is 12.0. The number of aromatic nitrogens is 2. The Labute approximate surface area is 105 Å². The monoisotopic (exact) mass is 243 g/mol. The van der Waals surface area contributed by atoms with Gasteiger partial charge in [-0.3, -0.25) is 0 Å². The molecule has 5 nitrogen and oxygen atoms in total. The van der Waals surface area contributed by atoms with Gasteiger partial charge in [-0.2, -0.15) is 5.26 Å². The summed E-state index contributed by atoms with van der Waals surface area (Å²) < 4.78 is 12.2. The molecular weight excluding hydrogens is 230 g/mol. The average molecular weight is 243 g/mol. The third-order valence-corrected chi connectivity index (χ3v) is 2.70. The van der Waals surface area contributed by atoms with E-state index >= 15 is 0 Å². The summed E-state index contributed by atoms with van der Waals surface area (Å²) in [5.74, 6) is 1.35. The van der Waals surface area contributed by atoms with E-state index in [2.05, 4.69) is 11.1 Å². The summed E-state index contributed by atoms with van der Waals surface area (Å²) in [6, 6.07) is 7.54. The van der Waals surface area contributed by atoms with Gasteiger partial charge in [0.1, 0.15) is 29.0 Å². The van der Waals surface area contributed by atoms with Crippen molar-refractivity contribution in [3.63, 3.8) is 0 Å². The number of hydrogen-bond donors (Lipinski definition) is 0. The summed E-state index contributed by atoms with van der Waals surface area (Å²) in [6.45, 7) is 0. The SMILES string of the molecule is COc1ccc(OC)c(-c2ncn(C)c2C#N)c1. The summed E-state index contributed by atoms with van der Waals surface area (Å²) in [5, 5.41) is 9.16. The van der Waals surface area contributed by atoms with Crippen molar-refractivity contribution < 1.29 is 9.47 Å². The van der Waals surface area contributed by atoms with Crippen LogP contribution in [0.1, 0.15) is 5.69 Å². The van der Waals surface area contributed by atoms with Gasteiger partial charge in [0, 0.05) is 12.6 Å². The fraction of sp³-hybridized carbons (Fsp3) is 0.231. The van der Waals surface area contributed by atoms with Gasteiger partial charge in [-0.25, -0.2) is 4.98 Å². The first-order chi connectivity index (χ1) is 8.71. The highest BCUT2D eigenvalue weighted by Gasteiger charge is 2.15. The van der Waals surface area contributed by atoms with Gasteiger partial charge >= 0.3 is 0 Å². The Balaban J connectivity index is 2.65. The van der Waals surface area contributed by atoms with E-state index in [9.17, 15) is 0 Å². The van der Waals surface area contributed by atoms with Crippen LogP contribution in [-0.2, 0) is 7.05 Å². The van der Waals surface area contributed by atoms with E-state index in [1.165, 1.54) is 0 Å². The number of imidazole rings is 1. The standard InChI is InChI=1S/C13H13N3O2/c1-16-8-15-13(11(16)7-14)10-6-9(17-2)4-5-12(10)18-3/h4-6,8H,1-3H3. The van der Waals surface area contributed by atoms with Crippen molar-refractivity contribution in [2.24, 2.45) is 7.05 Å². The highest BCUT2D eigenvalue weighted by atomic mass is 16.5. The maximum atomic E-state index is 9.16. The van der Waals surface area contributed by atoms with Crippen LogP contribution in [-0.4, -0.2) is 23.8 Å². The molecule has 0 saturated heterocycles. The molecule has 2 rings (SSSR count). The second-order valence-corrected chi connectivity index (χ2v) is 3.73. The van der Waals surface area contributed by atoms with Crippen LogP contribution in [0, 0.1) is 11.3 Å². The molecule has 0 spiro atoms. The van der Waals surface area contributed by atoms with Crippen LogP contribution in [0.4, 0.5) is 0 Å². The molecule has 0 aliphatic rings. The van der Waals surface area contributed by atoms with Crippen LogP contribution in [0.2, 0.25) is 0 Å². The van der Waals surface area contributed by atoms with Crippen molar-refractivity contribution in [1.29, 1.82) is 5.26 Å². The molecule has 1 heterocycles. The molecule has 0 fully saturated rings. The van der Waals surface area contributed by atoms with Crippen molar-refractivity contribution in [3.8, 4) is 28.8 Å². The van der Waals surface area contributed by atoms with Gasteiger partial charge < -0.3 is 14.0 Å². The highest BCUT2D eigenvalue weighted by Crippen LogP contribution is 2.33. The third-order valence-electron chi connectivity index (χ3n) is 2.70. The van der Waals surface area contributed by atoms with E-state index in [0.29, 0.717) is 22.9 Å². The van der Waals surface area contributed by atoms with Gasteiger partial charge in [0.15, 0.2) is 0 Å². The van der Waals surface area contributed by atoms with Gasteiger partial charge in [0.25, 0.3) is 0 Å². The van der Waals surface area contributed by atoms with Crippen molar-refractivity contribution in [2.45, 2.75) is 0 Å². The van der Waals surface area contributed by atoms with Gasteiger partial charge in [-0.15, -0.1) is 0 Å². The van der Waals surface area contributed by atoms with Crippen molar-refractivity contribution >= 4 is 0 Å². The molecule has 0 radical (unpaired) electrons. The van der Waals surface area contributed by atoms with Crippen molar-refractivity contribution in [2.75, 3.05) is 14.2 Å². The molecular formula is C13H13N3O2. The van der Waals surface area contributed by atoms with Gasteiger partial charge in [-0.05, 0) is 18.2 Å². The molecule has 0 atom stereocenters. The number of aryl methyl sites for hydroxylation is 1. The van der Waals surface area contributed by atoms with Gasteiger partial charge in [-0.1, -0.05) is 0 Å². The normalized spacial score (nSPS) is 9.89. The minimum Gasteiger partial charge on any atom is -0.497 e. The smallest absolute Gasteiger partial charge is 0.147 e. The first-order valence-corrected chi connectivity index (χ1v) is 5.35. The molecule has 0 aliphatic heterocycles. The van der Waals surface area contributed by atoms with Crippen LogP contribution in [0.5, 0.6) is 11.5 Å². The van der Waals surface area contributed by atoms with E-state index in [1.54, 1.807) is 44.3 Å². The van der Waals surface area contributed by atoms with Crippen LogP contribution >= 0.6 is 0 Å². The molecule has 0 aliphatic carbocycles. The Morgan fingerprint density at radius 1 is 1.28 bits per heavy atom. The van der Waals surface area contributed by atoms with E-state index < -0.39 is 0 Å². The number of nitrogens with zero attached hydrogens (tertiary/aromatic N) is 3. The Bertz CT molecular complexity index is 611. The minimum absolute atomic E-state index is 0.488. The lowest BCUT2D eigenvalue weighted by atomic mass is 10.1. The minimum atomic E-state index is 0.488. The second-order valence-electron chi connectivity index (χ2n) is 3.73. The summed E-state index contributed by atoms with van der Waals surface area (Å²) in [7, 11) is 4.96. The van der Waals surface area contributed by atoms with E-state index in [0.717, 1.165) is 5.56 Å². The second kappa shape index (κ2) is 4.80. The molecule has 0 N–H and O–H groups in total. The number of nitriles is 1. The molecule has 1 aromatic carbocycles. The molecule has 92 valence electrons. The quantitative estimate of drug-likeness (QED) is 0.827. The average Bonchev–Trinajstić information content (AvgIpc) is 2.78. The molecule has 5 heteroatoms. The topological polar surface area (TPSA) is 60.1 Å². The zero-order valence-electron chi connectivity index (χ0n) is 10.5. The summed E-state index contributed by atoms with van der Waals surface area (Å²) in [6.07, 6.45) is 1.60. The molecule has 2 aromatic rings. The molecule has 0 saturated carbocycles. The predicted octanol–water partition coefficient (Wildman–Crippen LogP) is 1.98. The van der Waals surface area contributed by atoms with Gasteiger partial charge in [0.05, 0.1) is 20.5 Å². The Morgan fingerprint density at radius 3 is 2.67 bits per heavy atom. The lowest BCUT2D eigenvalue weighted by Gasteiger charge is -2.09. The number of benzene rings is 1. The third kappa shape index (κ3) is 1.89. The van der Waals surface area contributed by atoms with E-state index in [4.69, 9.17) is 14.7 Å². The lowest BCUT2D eigenvalue weighted by Crippen LogP contribution is -1.94. The van der Waals surface area contributed by atoms with Gasteiger partial charge in [0.2, 0.25) is 0 Å². The van der Waals surface area contributed by atoms with Crippen molar-refractivity contribution in [1.82, 2.24) is 9.55 Å². The number of ether oxygens (including phenoxy) is 2. The van der Waals surface area contributed by atoms with Crippen LogP contribution in [0.25, 0.3) is 11.3 Å². The summed E-state index contributed by atoms with van der Waals surface area (Å²) in [4.78, 5) is 4.25. The maximum Gasteiger partial charge on any atom is 0.147 e. The number of hydrogen-bond acceptors (Lipinski definition) is 4. The Hall–Kier alpha value is -2.48. The van der Waals surface area contributed by atoms with Crippen molar-refractivity contribution in [3.05, 3.63) is 30.2 Å². The Kier molecular flexibility index (Phi) is 3.20. The molecule has 0 unspecified atom stereocenters. The molecule has 0 bridgehead atoms. The fourth-order valence-corrected chi connectivity index (χ4v) is 1.76. The van der Waals surface area contributed by atoms with E-state index in [1.807, 2.05) is 6.07 Å². The van der Waals surface area contributed by atoms with Crippen LogP contribution in [0.15, 0.2) is 24.5 Å².